The lowest BCUT2D eigenvalue weighted by molar-refractivity contribution is -0.136. The molecule has 7 aliphatic rings. The summed E-state index contributed by atoms with van der Waals surface area (Å²) < 4.78 is 49.9. The lowest BCUT2D eigenvalue weighted by Gasteiger charge is -2.53. The molecular formula is C20H24O6. The molecule has 1 N–H and O–H groups in total. The van der Waals surface area contributed by atoms with E-state index in [-0.39, 0.29) is 30.1 Å². The van der Waals surface area contributed by atoms with Crippen LogP contribution < -0.4 is 0 Å². The Hall–Kier alpha value is -0.950. The summed E-state index contributed by atoms with van der Waals surface area (Å²) in [6.45, 7) is 3.69. The normalized spacial score (nSPS) is 69.6. The zero-order valence-corrected chi connectivity index (χ0v) is 15.0. The summed E-state index contributed by atoms with van der Waals surface area (Å²) in [5.74, 6) is -1.98. The van der Waals surface area contributed by atoms with E-state index < -0.39 is 52.8 Å². The molecule has 1 unspecified atom stereocenters. The number of cyclic esters (lactones) is 1. The van der Waals surface area contributed by atoms with Crippen molar-refractivity contribution in [2.24, 2.45) is 17.2 Å². The van der Waals surface area contributed by atoms with E-state index in [4.69, 9.17) is 21.7 Å². The minimum absolute atomic E-state index is 0.0927. The van der Waals surface area contributed by atoms with Crippen LogP contribution in [0.2, 0.25) is 0 Å². The SMILES string of the molecule is [2H]C1([2H])OC(=O)C2=C1[C@]1([2H])C[C@@H]3O[C@@]34[C@H](O)C3(C(C)C)O[C@H]3[C@@H]3O[C@@]34[C@@]1(C)CC2. The third kappa shape index (κ3) is 1.14. The van der Waals surface area contributed by atoms with Gasteiger partial charge in [0.25, 0.3) is 0 Å². The van der Waals surface area contributed by atoms with E-state index in [1.165, 1.54) is 0 Å². The molecule has 6 heteroatoms. The Labute approximate surface area is 156 Å². The second kappa shape index (κ2) is 3.79. The number of fused-ring (bicyclic) bond motifs is 4. The van der Waals surface area contributed by atoms with Crippen LogP contribution in [0.15, 0.2) is 11.1 Å². The summed E-state index contributed by atoms with van der Waals surface area (Å²) in [4.78, 5) is 12.3. The first-order chi connectivity index (χ1) is 13.4. The maximum absolute atomic E-state index is 12.3. The minimum atomic E-state index is -2.31. The topological polar surface area (TPSA) is 84.1 Å². The smallest absolute Gasteiger partial charge is 0.334 e. The number of epoxide rings is 3. The van der Waals surface area contributed by atoms with Crippen LogP contribution in [0.3, 0.4) is 0 Å². The molecule has 0 aromatic rings. The van der Waals surface area contributed by atoms with Gasteiger partial charge in [-0.2, -0.15) is 0 Å². The molecule has 6 nitrogen and oxygen atoms in total. The van der Waals surface area contributed by atoms with Gasteiger partial charge in [-0.15, -0.1) is 0 Å². The van der Waals surface area contributed by atoms with Crippen LogP contribution in [0, 0.1) is 17.2 Å². The van der Waals surface area contributed by atoms with Crippen molar-refractivity contribution in [3.8, 4) is 0 Å². The molecule has 2 spiro atoms. The summed E-state index contributed by atoms with van der Waals surface area (Å²) in [6, 6.07) is 0. The summed E-state index contributed by atoms with van der Waals surface area (Å²) in [6.07, 6.45) is -0.832. The number of esters is 1. The van der Waals surface area contributed by atoms with E-state index in [0.717, 1.165) is 0 Å². The van der Waals surface area contributed by atoms with Crippen molar-refractivity contribution in [2.75, 3.05) is 6.56 Å². The number of hydrogen-bond acceptors (Lipinski definition) is 6. The Bertz CT molecular complexity index is 951. The second-order valence-electron chi connectivity index (χ2n) is 9.48. The lowest BCUT2D eigenvalue weighted by Crippen LogP contribution is -2.69. The predicted molar refractivity (Wildman–Crippen MR) is 87.1 cm³/mol. The van der Waals surface area contributed by atoms with Crippen LogP contribution in [0.25, 0.3) is 0 Å². The first-order valence-corrected chi connectivity index (χ1v) is 9.63. The van der Waals surface area contributed by atoms with Gasteiger partial charge in [-0.25, -0.2) is 4.79 Å². The molecule has 4 aliphatic heterocycles. The molecule has 3 saturated heterocycles. The number of aliphatic hydroxyl groups is 1. The van der Waals surface area contributed by atoms with Crippen LogP contribution in [0.1, 0.15) is 44.1 Å². The van der Waals surface area contributed by atoms with Crippen LogP contribution in [-0.2, 0) is 23.7 Å². The van der Waals surface area contributed by atoms with Crippen molar-refractivity contribution in [3.63, 3.8) is 0 Å². The van der Waals surface area contributed by atoms with Crippen LogP contribution in [-0.4, -0.2) is 58.9 Å². The van der Waals surface area contributed by atoms with Gasteiger partial charge in [-0.05, 0) is 36.6 Å². The minimum Gasteiger partial charge on any atom is -0.458 e. The molecular weight excluding hydrogens is 336 g/mol. The summed E-state index contributed by atoms with van der Waals surface area (Å²) in [5.41, 5.74) is -2.94. The maximum atomic E-state index is 12.3. The summed E-state index contributed by atoms with van der Waals surface area (Å²) in [5, 5.41) is 11.5. The van der Waals surface area contributed by atoms with Gasteiger partial charge in [0.15, 0.2) is 5.60 Å². The van der Waals surface area contributed by atoms with E-state index >= 15 is 0 Å². The average Bonchev–Trinajstić information content (AvgIpc) is 3.49. The third-order valence-electron chi connectivity index (χ3n) is 8.57. The van der Waals surface area contributed by atoms with Gasteiger partial charge in [0.2, 0.25) is 0 Å². The highest BCUT2D eigenvalue weighted by Crippen LogP contribution is 2.82. The fourth-order valence-electron chi connectivity index (χ4n) is 7.13. The highest BCUT2D eigenvalue weighted by Gasteiger charge is 3.00. The number of carbonyl (C=O) groups excluding carboxylic acids is 1. The lowest BCUT2D eigenvalue weighted by atomic mass is 9.46. The molecule has 4 heterocycles. The number of hydrogen-bond donors (Lipinski definition) is 1. The van der Waals surface area contributed by atoms with Gasteiger partial charge < -0.3 is 24.1 Å². The molecule has 5 fully saturated rings. The molecule has 3 aliphatic carbocycles. The first-order valence-electron chi connectivity index (χ1n) is 11.1. The van der Waals surface area contributed by atoms with E-state index in [9.17, 15) is 11.3 Å². The van der Waals surface area contributed by atoms with Gasteiger partial charge in [-0.1, -0.05) is 20.8 Å². The molecule has 0 aromatic heterocycles. The predicted octanol–water partition coefficient (Wildman–Crippen LogP) is 1.10. The van der Waals surface area contributed by atoms with Crippen LogP contribution in [0.5, 0.6) is 0 Å². The Morgan fingerprint density at radius 3 is 2.88 bits per heavy atom. The number of ether oxygens (including phenoxy) is 4. The molecule has 26 heavy (non-hydrogen) atoms. The first kappa shape index (κ1) is 12.5. The average molecular weight is 363 g/mol. The van der Waals surface area contributed by atoms with Crippen molar-refractivity contribution >= 4 is 5.97 Å². The van der Waals surface area contributed by atoms with Crippen LogP contribution >= 0.6 is 0 Å². The van der Waals surface area contributed by atoms with E-state index in [1.54, 1.807) is 0 Å². The van der Waals surface area contributed by atoms with Gasteiger partial charge in [0.1, 0.15) is 36.1 Å². The molecule has 0 amide bonds. The van der Waals surface area contributed by atoms with Gasteiger partial charge >= 0.3 is 5.97 Å². The third-order valence-corrected chi connectivity index (χ3v) is 8.57. The number of rotatable bonds is 1. The van der Waals surface area contributed by atoms with Crippen LogP contribution in [0.4, 0.5) is 0 Å². The summed E-state index contributed by atoms with van der Waals surface area (Å²) in [7, 11) is 0. The molecule has 0 bridgehead atoms. The molecule has 7 rings (SSSR count). The Morgan fingerprint density at radius 2 is 2.12 bits per heavy atom. The van der Waals surface area contributed by atoms with Crippen molar-refractivity contribution in [2.45, 2.75) is 81.3 Å². The van der Waals surface area contributed by atoms with E-state index in [2.05, 4.69) is 0 Å². The molecule has 0 radical (unpaired) electrons. The van der Waals surface area contributed by atoms with Crippen molar-refractivity contribution in [1.29, 1.82) is 0 Å². The zero-order valence-electron chi connectivity index (χ0n) is 18.0. The van der Waals surface area contributed by atoms with Gasteiger partial charge in [0.05, 0.1) is 8.85 Å². The standard InChI is InChI=1S/C20H24O6/c1-8(2)18-13(25-18)14-20(26-14)17(3)5-4-9-10(7-23-15(9)21)11(17)6-12-19(20,24-12)16(18)22/h8,11-14,16,22H,4-7H2,1-3H3/t11-,12-,13-,14-,16+,17-,18?,19+,20+/m0/s1/i7D2,11D. The highest BCUT2D eigenvalue weighted by atomic mass is 16.7. The van der Waals surface area contributed by atoms with Crippen molar-refractivity contribution in [1.82, 2.24) is 0 Å². The van der Waals surface area contributed by atoms with Gasteiger partial charge in [0, 0.05) is 12.4 Å². The second-order valence-corrected chi connectivity index (χ2v) is 9.48. The number of carbonyl (C=O) groups is 1. The van der Waals surface area contributed by atoms with Crippen molar-refractivity contribution in [3.05, 3.63) is 11.1 Å². The molecule has 2 saturated carbocycles. The fraction of sp³-hybridized carbons (Fsp3) is 0.850. The largest absolute Gasteiger partial charge is 0.458 e. The quantitative estimate of drug-likeness (QED) is 0.555. The molecule has 0 aromatic carbocycles. The van der Waals surface area contributed by atoms with E-state index in [1.807, 2.05) is 20.8 Å². The Kier molecular flexibility index (Phi) is 1.82. The maximum Gasteiger partial charge on any atom is 0.334 e. The van der Waals surface area contributed by atoms with Crippen molar-refractivity contribution < 1.29 is 33.0 Å². The Balaban J connectivity index is 1.43. The zero-order chi connectivity index (χ0) is 20.6. The van der Waals surface area contributed by atoms with E-state index in [0.29, 0.717) is 18.4 Å². The molecule has 140 valence electrons. The van der Waals surface area contributed by atoms with Gasteiger partial charge in [-0.3, -0.25) is 0 Å². The monoisotopic (exact) mass is 363 g/mol. The Morgan fingerprint density at radius 1 is 1.31 bits per heavy atom. The summed E-state index contributed by atoms with van der Waals surface area (Å²) >= 11 is 0. The fourth-order valence-corrected chi connectivity index (χ4v) is 7.13. The highest BCUT2D eigenvalue weighted by molar-refractivity contribution is 5.92. The number of aliphatic hydroxyl groups excluding tert-OH is 1. The molecule has 9 atom stereocenters.